The third-order valence-electron chi connectivity index (χ3n) is 3.36. The molecule has 2 rings (SSSR count). The van der Waals surface area contributed by atoms with Crippen LogP contribution in [-0.2, 0) is 0 Å². The van der Waals surface area contributed by atoms with Crippen molar-refractivity contribution in [3.63, 3.8) is 0 Å². The molecule has 1 unspecified atom stereocenters. The Morgan fingerprint density at radius 1 is 1.39 bits per heavy atom. The van der Waals surface area contributed by atoms with Crippen molar-refractivity contribution in [2.75, 3.05) is 18.0 Å². The molecule has 0 spiro atoms. The second-order valence-corrected chi connectivity index (χ2v) is 5.49. The Morgan fingerprint density at radius 2 is 2.22 bits per heavy atom. The number of nitrogens with one attached hydrogen (secondary N) is 1. The zero-order valence-electron chi connectivity index (χ0n) is 11.1. The zero-order chi connectivity index (χ0) is 13.0. The number of piperidine rings is 1. The van der Waals surface area contributed by atoms with Crippen LogP contribution in [0.1, 0.15) is 33.1 Å². The van der Waals surface area contributed by atoms with Crippen molar-refractivity contribution >= 4 is 17.4 Å². The maximum absolute atomic E-state index is 5.78. The molecule has 0 aromatic carbocycles. The fourth-order valence-corrected chi connectivity index (χ4v) is 2.45. The van der Waals surface area contributed by atoms with Crippen LogP contribution in [0.25, 0.3) is 0 Å². The SMILES string of the molecule is CC(C)N(CC1CCCCN1)c1ccc(Cl)nn1. The van der Waals surface area contributed by atoms with Crippen LogP contribution >= 0.6 is 11.6 Å². The third kappa shape index (κ3) is 3.56. The zero-order valence-corrected chi connectivity index (χ0v) is 11.8. The number of anilines is 1. The first kappa shape index (κ1) is 13.6. The molecule has 1 N–H and O–H groups in total. The maximum Gasteiger partial charge on any atom is 0.151 e. The van der Waals surface area contributed by atoms with Gasteiger partial charge >= 0.3 is 0 Å². The highest BCUT2D eigenvalue weighted by molar-refractivity contribution is 6.29. The molecule has 1 saturated heterocycles. The Labute approximate surface area is 114 Å². The average molecular weight is 269 g/mol. The van der Waals surface area contributed by atoms with Gasteiger partial charge in [-0.05, 0) is 45.4 Å². The van der Waals surface area contributed by atoms with Gasteiger partial charge in [-0.3, -0.25) is 0 Å². The van der Waals surface area contributed by atoms with Gasteiger partial charge in [0, 0.05) is 18.6 Å². The van der Waals surface area contributed by atoms with Gasteiger partial charge in [0.05, 0.1) is 0 Å². The molecule has 1 aliphatic rings. The normalized spacial score (nSPS) is 20.1. The summed E-state index contributed by atoms with van der Waals surface area (Å²) >= 11 is 5.78. The third-order valence-corrected chi connectivity index (χ3v) is 3.57. The topological polar surface area (TPSA) is 41.0 Å². The van der Waals surface area contributed by atoms with Crippen LogP contribution in [0, 0.1) is 0 Å². The van der Waals surface area contributed by atoms with Gasteiger partial charge in [0.2, 0.25) is 0 Å². The van der Waals surface area contributed by atoms with E-state index in [0.29, 0.717) is 17.2 Å². The van der Waals surface area contributed by atoms with Gasteiger partial charge < -0.3 is 10.2 Å². The van der Waals surface area contributed by atoms with Crippen LogP contribution < -0.4 is 10.2 Å². The van der Waals surface area contributed by atoms with E-state index in [9.17, 15) is 0 Å². The highest BCUT2D eigenvalue weighted by Crippen LogP contribution is 2.17. The highest BCUT2D eigenvalue weighted by atomic mass is 35.5. The number of halogens is 1. The number of aromatic nitrogens is 2. The molecule has 1 aromatic rings. The smallest absolute Gasteiger partial charge is 0.151 e. The first-order valence-electron chi connectivity index (χ1n) is 6.66. The quantitative estimate of drug-likeness (QED) is 0.911. The minimum absolute atomic E-state index is 0.407. The summed E-state index contributed by atoms with van der Waals surface area (Å²) in [6, 6.07) is 4.70. The van der Waals surface area contributed by atoms with Crippen molar-refractivity contribution in [1.82, 2.24) is 15.5 Å². The van der Waals surface area contributed by atoms with Gasteiger partial charge in [-0.1, -0.05) is 18.0 Å². The molecule has 1 fully saturated rings. The summed E-state index contributed by atoms with van der Waals surface area (Å²) in [5.41, 5.74) is 0. The molecule has 4 nitrogen and oxygen atoms in total. The van der Waals surface area contributed by atoms with Crippen molar-refractivity contribution in [1.29, 1.82) is 0 Å². The van der Waals surface area contributed by atoms with E-state index >= 15 is 0 Å². The van der Waals surface area contributed by atoms with Crippen LogP contribution in [0.3, 0.4) is 0 Å². The van der Waals surface area contributed by atoms with E-state index in [1.807, 2.05) is 6.07 Å². The molecular weight excluding hydrogens is 248 g/mol. The Balaban J connectivity index is 2.05. The summed E-state index contributed by atoms with van der Waals surface area (Å²) in [6.07, 6.45) is 3.85. The lowest BCUT2D eigenvalue weighted by Crippen LogP contribution is -2.46. The van der Waals surface area contributed by atoms with E-state index in [2.05, 4.69) is 34.3 Å². The fraction of sp³-hybridized carbons (Fsp3) is 0.692. The van der Waals surface area contributed by atoms with E-state index in [4.69, 9.17) is 11.6 Å². The Kier molecular flexibility index (Phi) is 4.78. The van der Waals surface area contributed by atoms with E-state index < -0.39 is 0 Å². The Hall–Kier alpha value is -0.870. The molecule has 1 aromatic heterocycles. The summed E-state index contributed by atoms with van der Waals surface area (Å²) in [5, 5.41) is 12.1. The van der Waals surface area contributed by atoms with Crippen LogP contribution in [0.15, 0.2) is 12.1 Å². The lowest BCUT2D eigenvalue weighted by atomic mass is 10.0. The van der Waals surface area contributed by atoms with Crippen molar-refractivity contribution in [2.24, 2.45) is 0 Å². The summed E-state index contributed by atoms with van der Waals surface area (Å²) < 4.78 is 0. The molecule has 0 amide bonds. The van der Waals surface area contributed by atoms with Crippen LogP contribution in [0.2, 0.25) is 5.15 Å². The van der Waals surface area contributed by atoms with Crippen molar-refractivity contribution in [3.05, 3.63) is 17.3 Å². The summed E-state index contributed by atoms with van der Waals surface area (Å²) in [7, 11) is 0. The van der Waals surface area contributed by atoms with Gasteiger partial charge in [-0.25, -0.2) is 0 Å². The Bertz CT molecular complexity index is 360. The number of hydrogen-bond donors (Lipinski definition) is 1. The van der Waals surface area contributed by atoms with Gasteiger partial charge in [0.15, 0.2) is 11.0 Å². The summed E-state index contributed by atoms with van der Waals surface area (Å²) in [5.74, 6) is 0.904. The predicted octanol–water partition coefficient (Wildman–Crippen LogP) is 2.49. The second-order valence-electron chi connectivity index (χ2n) is 5.11. The fourth-order valence-electron chi connectivity index (χ4n) is 2.35. The van der Waals surface area contributed by atoms with Gasteiger partial charge in [-0.2, -0.15) is 0 Å². The van der Waals surface area contributed by atoms with Gasteiger partial charge in [0.25, 0.3) is 0 Å². The summed E-state index contributed by atoms with van der Waals surface area (Å²) in [6.45, 7) is 6.47. The molecule has 1 atom stereocenters. The predicted molar refractivity (Wildman–Crippen MR) is 75.2 cm³/mol. The average Bonchev–Trinajstić information content (AvgIpc) is 2.38. The van der Waals surface area contributed by atoms with Crippen LogP contribution in [0.4, 0.5) is 5.82 Å². The first-order chi connectivity index (χ1) is 8.66. The Morgan fingerprint density at radius 3 is 2.78 bits per heavy atom. The molecule has 0 radical (unpaired) electrons. The van der Waals surface area contributed by atoms with Crippen molar-refractivity contribution in [2.45, 2.75) is 45.2 Å². The molecule has 18 heavy (non-hydrogen) atoms. The summed E-state index contributed by atoms with van der Waals surface area (Å²) in [4.78, 5) is 2.28. The number of nitrogens with zero attached hydrogens (tertiary/aromatic N) is 3. The van der Waals surface area contributed by atoms with Crippen LogP contribution in [-0.4, -0.2) is 35.4 Å². The minimum Gasteiger partial charge on any atom is -0.351 e. The second kappa shape index (κ2) is 6.34. The standard InChI is InChI=1S/C13H21ClN4/c1-10(2)18(9-11-5-3-4-8-15-11)13-7-6-12(14)16-17-13/h6-7,10-11,15H,3-5,8-9H2,1-2H3. The lowest BCUT2D eigenvalue weighted by Gasteiger charge is -2.33. The largest absolute Gasteiger partial charge is 0.351 e. The molecule has 5 heteroatoms. The molecule has 0 bridgehead atoms. The monoisotopic (exact) mass is 268 g/mol. The maximum atomic E-state index is 5.78. The number of rotatable bonds is 4. The first-order valence-corrected chi connectivity index (χ1v) is 7.04. The highest BCUT2D eigenvalue weighted by Gasteiger charge is 2.19. The molecule has 1 aliphatic heterocycles. The molecule has 0 saturated carbocycles. The van der Waals surface area contributed by atoms with Gasteiger partial charge in [-0.15, -0.1) is 10.2 Å². The number of hydrogen-bond acceptors (Lipinski definition) is 4. The van der Waals surface area contributed by atoms with E-state index in [1.54, 1.807) is 6.07 Å². The molecular formula is C13H21ClN4. The van der Waals surface area contributed by atoms with E-state index in [-0.39, 0.29) is 0 Å². The lowest BCUT2D eigenvalue weighted by molar-refractivity contribution is 0.392. The van der Waals surface area contributed by atoms with E-state index in [0.717, 1.165) is 18.9 Å². The van der Waals surface area contributed by atoms with Gasteiger partial charge in [0.1, 0.15) is 0 Å². The molecule has 0 aliphatic carbocycles. The van der Waals surface area contributed by atoms with Crippen molar-refractivity contribution in [3.8, 4) is 0 Å². The molecule has 2 heterocycles. The van der Waals surface area contributed by atoms with Crippen molar-refractivity contribution < 1.29 is 0 Å². The van der Waals surface area contributed by atoms with Crippen LogP contribution in [0.5, 0.6) is 0 Å². The van der Waals surface area contributed by atoms with E-state index in [1.165, 1.54) is 19.3 Å². The minimum atomic E-state index is 0.407. The molecule has 100 valence electrons.